The molecule has 3 aromatic carbocycles. The maximum Gasteiger partial charge on any atom is 0.231 e. The average Bonchev–Trinajstić information content (AvgIpc) is 3.26. The minimum atomic E-state index is -0.256. The highest BCUT2D eigenvalue weighted by Gasteiger charge is 2.27. The second-order valence-electron chi connectivity index (χ2n) is 10.7. The molecule has 4 rings (SSSR count). The van der Waals surface area contributed by atoms with Crippen LogP contribution in [0.5, 0.6) is 17.2 Å². The standard InChI is InChI=1S/C29H33N3O3/c1-28(2,3)22-15-20(16-23(26(22)33)29(4,5)6)27(31-21-10-8-7-9-11-21)32-30-17-19-12-13-24-25(14-19)35-18-34-24/h7-17,33H,18H2,1-6H3,(H,31,32)/b30-17+. The molecule has 182 valence electrons. The van der Waals surface area contributed by atoms with Crippen molar-refractivity contribution in [3.05, 3.63) is 82.9 Å². The SMILES string of the molecule is CC(C)(C)c1cc(C(=Nc2ccccc2)N/N=C/c2ccc3c(c2)OCO3)cc(C(C)(C)C)c1O. The number of ether oxygens (including phenoxy) is 2. The summed E-state index contributed by atoms with van der Waals surface area (Å²) in [6.07, 6.45) is 1.72. The third kappa shape index (κ3) is 5.65. The highest BCUT2D eigenvalue weighted by Crippen LogP contribution is 2.40. The molecule has 0 atom stereocenters. The monoisotopic (exact) mass is 471 g/mol. The Bertz CT molecular complexity index is 1230. The normalized spacial score (nSPS) is 13.9. The van der Waals surface area contributed by atoms with Gasteiger partial charge >= 0.3 is 0 Å². The number of para-hydroxylation sites is 1. The number of rotatable bonds is 4. The Balaban J connectivity index is 1.76. The molecule has 0 saturated carbocycles. The summed E-state index contributed by atoms with van der Waals surface area (Å²) in [4.78, 5) is 4.86. The van der Waals surface area contributed by atoms with Crippen molar-refractivity contribution in [1.29, 1.82) is 0 Å². The van der Waals surface area contributed by atoms with E-state index in [0.29, 0.717) is 17.3 Å². The lowest BCUT2D eigenvalue weighted by Gasteiger charge is -2.28. The third-order valence-corrected chi connectivity index (χ3v) is 5.78. The molecule has 1 aliphatic rings. The largest absolute Gasteiger partial charge is 0.507 e. The maximum atomic E-state index is 11.1. The zero-order valence-electron chi connectivity index (χ0n) is 21.2. The summed E-state index contributed by atoms with van der Waals surface area (Å²) in [5, 5.41) is 15.6. The molecule has 0 bridgehead atoms. The molecule has 2 N–H and O–H groups in total. The summed E-state index contributed by atoms with van der Waals surface area (Å²) in [5.74, 6) is 2.35. The van der Waals surface area contributed by atoms with E-state index in [2.05, 4.69) is 52.1 Å². The number of nitrogens with one attached hydrogen (secondary N) is 1. The Morgan fingerprint density at radius 1 is 0.857 bits per heavy atom. The summed E-state index contributed by atoms with van der Waals surface area (Å²) >= 11 is 0. The number of hydrogen-bond donors (Lipinski definition) is 2. The third-order valence-electron chi connectivity index (χ3n) is 5.78. The first kappa shape index (κ1) is 24.3. The molecule has 0 radical (unpaired) electrons. The van der Waals surface area contributed by atoms with Gasteiger partial charge in [0.15, 0.2) is 17.3 Å². The molecule has 0 aromatic heterocycles. The van der Waals surface area contributed by atoms with E-state index < -0.39 is 0 Å². The van der Waals surface area contributed by atoms with Gasteiger partial charge in [0.1, 0.15) is 5.75 Å². The van der Waals surface area contributed by atoms with Crippen molar-refractivity contribution in [3.63, 3.8) is 0 Å². The first-order chi connectivity index (χ1) is 16.5. The first-order valence-corrected chi connectivity index (χ1v) is 11.7. The second-order valence-corrected chi connectivity index (χ2v) is 10.7. The van der Waals surface area contributed by atoms with Gasteiger partial charge in [-0.05, 0) is 58.9 Å². The summed E-state index contributed by atoms with van der Waals surface area (Å²) in [7, 11) is 0. The lowest BCUT2D eigenvalue weighted by Crippen LogP contribution is -2.23. The quantitative estimate of drug-likeness (QED) is 0.262. The van der Waals surface area contributed by atoms with Crippen LogP contribution in [0.25, 0.3) is 0 Å². The number of aromatic hydroxyl groups is 1. The number of benzene rings is 3. The van der Waals surface area contributed by atoms with Crippen LogP contribution < -0.4 is 14.9 Å². The van der Waals surface area contributed by atoms with Crippen LogP contribution >= 0.6 is 0 Å². The Hall–Kier alpha value is -3.80. The Morgan fingerprint density at radius 3 is 2.11 bits per heavy atom. The van der Waals surface area contributed by atoms with Crippen molar-refractivity contribution in [2.24, 2.45) is 10.1 Å². The maximum absolute atomic E-state index is 11.1. The van der Waals surface area contributed by atoms with Crippen molar-refractivity contribution < 1.29 is 14.6 Å². The molecule has 0 amide bonds. The van der Waals surface area contributed by atoms with E-state index in [0.717, 1.165) is 33.7 Å². The highest BCUT2D eigenvalue weighted by atomic mass is 16.7. The van der Waals surface area contributed by atoms with Gasteiger partial charge in [0.05, 0.1) is 11.9 Å². The minimum absolute atomic E-state index is 0.231. The predicted molar refractivity (Wildman–Crippen MR) is 141 cm³/mol. The molecule has 0 spiro atoms. The van der Waals surface area contributed by atoms with Gasteiger partial charge in [-0.25, -0.2) is 4.99 Å². The van der Waals surface area contributed by atoms with E-state index in [9.17, 15) is 5.11 Å². The van der Waals surface area contributed by atoms with Crippen molar-refractivity contribution in [1.82, 2.24) is 5.43 Å². The predicted octanol–water partition coefficient (Wildman–Crippen LogP) is 6.42. The number of nitrogens with zero attached hydrogens (tertiary/aromatic N) is 2. The first-order valence-electron chi connectivity index (χ1n) is 11.7. The Morgan fingerprint density at radius 2 is 1.49 bits per heavy atom. The molecule has 0 aliphatic carbocycles. The number of aliphatic imine (C=N–C) groups is 1. The van der Waals surface area contributed by atoms with Gasteiger partial charge in [0.25, 0.3) is 0 Å². The summed E-state index contributed by atoms with van der Waals surface area (Å²) in [5.41, 5.74) is 6.88. The van der Waals surface area contributed by atoms with Gasteiger partial charge in [-0.3, -0.25) is 5.43 Å². The number of hydrogen-bond acceptors (Lipinski definition) is 5. The van der Waals surface area contributed by atoms with Crippen molar-refractivity contribution >= 4 is 17.7 Å². The zero-order chi connectivity index (χ0) is 25.2. The van der Waals surface area contributed by atoms with Crippen LogP contribution in [0.15, 0.2) is 70.8 Å². The van der Waals surface area contributed by atoms with E-state index in [1.807, 2.05) is 60.7 Å². The summed E-state index contributed by atoms with van der Waals surface area (Å²) in [6.45, 7) is 12.8. The van der Waals surface area contributed by atoms with Crippen molar-refractivity contribution in [3.8, 4) is 17.2 Å². The van der Waals surface area contributed by atoms with Crippen molar-refractivity contribution in [2.45, 2.75) is 52.4 Å². The van der Waals surface area contributed by atoms with E-state index >= 15 is 0 Å². The van der Waals surface area contributed by atoms with Gasteiger partial charge in [-0.1, -0.05) is 59.7 Å². The van der Waals surface area contributed by atoms with Crippen LogP contribution in [0.3, 0.4) is 0 Å². The van der Waals surface area contributed by atoms with Gasteiger partial charge in [0, 0.05) is 16.7 Å². The van der Waals surface area contributed by atoms with E-state index in [-0.39, 0.29) is 17.6 Å². The molecule has 6 nitrogen and oxygen atoms in total. The summed E-state index contributed by atoms with van der Waals surface area (Å²) in [6, 6.07) is 19.4. The molecular formula is C29H33N3O3. The molecule has 6 heteroatoms. The van der Waals surface area contributed by atoms with Crippen LogP contribution in [0.1, 0.15) is 63.8 Å². The lowest BCUT2D eigenvalue weighted by molar-refractivity contribution is 0.174. The van der Waals surface area contributed by atoms with Gasteiger partial charge in [-0.15, -0.1) is 0 Å². The van der Waals surface area contributed by atoms with Crippen LogP contribution in [0.4, 0.5) is 5.69 Å². The smallest absolute Gasteiger partial charge is 0.231 e. The second kappa shape index (κ2) is 9.45. The van der Waals surface area contributed by atoms with Crippen LogP contribution in [-0.4, -0.2) is 23.9 Å². The fourth-order valence-corrected chi connectivity index (χ4v) is 3.86. The molecule has 35 heavy (non-hydrogen) atoms. The Labute approximate surface area is 207 Å². The number of phenols is 1. The topological polar surface area (TPSA) is 75.4 Å². The fourth-order valence-electron chi connectivity index (χ4n) is 3.86. The number of phenolic OH excluding ortho intramolecular Hbond substituents is 1. The molecule has 0 unspecified atom stereocenters. The van der Waals surface area contributed by atoms with E-state index in [4.69, 9.17) is 14.5 Å². The molecule has 0 fully saturated rings. The highest BCUT2D eigenvalue weighted by molar-refractivity contribution is 6.01. The van der Waals surface area contributed by atoms with E-state index in [1.165, 1.54) is 0 Å². The number of amidine groups is 1. The number of fused-ring (bicyclic) bond motifs is 1. The van der Waals surface area contributed by atoms with Crippen LogP contribution in [0, 0.1) is 0 Å². The molecule has 3 aromatic rings. The molecule has 1 heterocycles. The van der Waals surface area contributed by atoms with Gasteiger partial charge in [-0.2, -0.15) is 5.10 Å². The van der Waals surface area contributed by atoms with Gasteiger partial charge in [0.2, 0.25) is 6.79 Å². The number of hydrazone groups is 1. The van der Waals surface area contributed by atoms with Crippen molar-refractivity contribution in [2.75, 3.05) is 6.79 Å². The molecule has 0 saturated heterocycles. The Kier molecular flexibility index (Phi) is 6.57. The molecular weight excluding hydrogens is 438 g/mol. The van der Waals surface area contributed by atoms with Crippen LogP contribution in [0.2, 0.25) is 0 Å². The minimum Gasteiger partial charge on any atom is -0.507 e. The lowest BCUT2D eigenvalue weighted by atomic mass is 9.78. The molecule has 1 aliphatic heterocycles. The summed E-state index contributed by atoms with van der Waals surface area (Å²) < 4.78 is 10.8. The van der Waals surface area contributed by atoms with Crippen LogP contribution in [-0.2, 0) is 10.8 Å². The van der Waals surface area contributed by atoms with Gasteiger partial charge < -0.3 is 14.6 Å². The average molecular weight is 472 g/mol. The zero-order valence-corrected chi connectivity index (χ0v) is 21.2. The van der Waals surface area contributed by atoms with E-state index in [1.54, 1.807) is 6.21 Å². The fraction of sp³-hybridized carbons (Fsp3) is 0.310.